The Balaban J connectivity index is 1.31. The molecule has 0 unspecified atom stereocenters. The van der Waals surface area contributed by atoms with Crippen molar-refractivity contribution in [3.63, 3.8) is 0 Å². The molecule has 0 aromatic rings. The SMILES string of the molecule is CC(=O)C1(CCCCCCCCCCCCC2(C(=O)O)CC2)CC1. The molecule has 3 heteroatoms. The Kier molecular flexibility index (Phi) is 7.31. The smallest absolute Gasteiger partial charge is 0.309 e. The lowest BCUT2D eigenvalue weighted by Gasteiger charge is -2.10. The van der Waals surface area contributed by atoms with Gasteiger partial charge in [0.05, 0.1) is 5.41 Å². The van der Waals surface area contributed by atoms with Gasteiger partial charge in [-0.25, -0.2) is 0 Å². The van der Waals surface area contributed by atoms with Gasteiger partial charge in [-0.3, -0.25) is 9.59 Å². The van der Waals surface area contributed by atoms with Crippen LogP contribution < -0.4 is 0 Å². The third-order valence-corrected chi connectivity index (χ3v) is 6.47. The van der Waals surface area contributed by atoms with Crippen LogP contribution in [0.3, 0.4) is 0 Å². The summed E-state index contributed by atoms with van der Waals surface area (Å²) in [5.41, 5.74) is -0.207. The lowest BCUT2D eigenvalue weighted by Crippen LogP contribution is -2.14. The number of ketones is 1. The average Bonchev–Trinajstić information content (AvgIpc) is 3.43. The second kappa shape index (κ2) is 9.01. The molecule has 0 aromatic heterocycles. The van der Waals surface area contributed by atoms with Gasteiger partial charge in [0.15, 0.2) is 0 Å². The molecule has 0 radical (unpaired) electrons. The molecule has 2 aliphatic rings. The summed E-state index contributed by atoms with van der Waals surface area (Å²) in [4.78, 5) is 22.6. The monoisotopic (exact) mass is 336 g/mol. The molecular formula is C21H36O3. The zero-order valence-corrected chi connectivity index (χ0v) is 15.6. The van der Waals surface area contributed by atoms with Crippen LogP contribution in [0.15, 0.2) is 0 Å². The van der Waals surface area contributed by atoms with Crippen LogP contribution in [-0.4, -0.2) is 16.9 Å². The highest BCUT2D eigenvalue weighted by atomic mass is 16.4. The minimum atomic E-state index is -0.571. The number of unbranched alkanes of at least 4 members (excludes halogenated alkanes) is 9. The van der Waals surface area contributed by atoms with Crippen molar-refractivity contribution in [2.24, 2.45) is 10.8 Å². The van der Waals surface area contributed by atoms with Crippen LogP contribution in [0.5, 0.6) is 0 Å². The fraction of sp³-hybridized carbons (Fsp3) is 0.905. The first-order valence-electron chi connectivity index (χ1n) is 10.3. The van der Waals surface area contributed by atoms with E-state index >= 15 is 0 Å². The first-order valence-corrected chi connectivity index (χ1v) is 10.3. The van der Waals surface area contributed by atoms with Gasteiger partial charge in [-0.1, -0.05) is 64.2 Å². The van der Waals surface area contributed by atoms with E-state index in [-0.39, 0.29) is 10.8 Å². The average molecular weight is 337 g/mol. The molecule has 0 spiro atoms. The van der Waals surface area contributed by atoms with Crippen molar-refractivity contribution in [2.75, 3.05) is 0 Å². The highest BCUT2D eigenvalue weighted by Crippen LogP contribution is 2.51. The van der Waals surface area contributed by atoms with E-state index in [1.54, 1.807) is 6.92 Å². The van der Waals surface area contributed by atoms with E-state index in [1.807, 2.05) is 0 Å². The van der Waals surface area contributed by atoms with Crippen molar-refractivity contribution in [1.29, 1.82) is 0 Å². The molecule has 0 saturated heterocycles. The summed E-state index contributed by atoms with van der Waals surface area (Å²) in [7, 11) is 0. The molecule has 0 heterocycles. The molecule has 2 saturated carbocycles. The van der Waals surface area contributed by atoms with Gasteiger partial charge in [0, 0.05) is 5.41 Å². The fourth-order valence-corrected chi connectivity index (χ4v) is 3.99. The lowest BCUT2D eigenvalue weighted by molar-refractivity contribution is -0.143. The molecule has 24 heavy (non-hydrogen) atoms. The van der Waals surface area contributed by atoms with Crippen molar-refractivity contribution < 1.29 is 14.7 Å². The molecule has 2 fully saturated rings. The number of rotatable bonds is 15. The molecular weight excluding hydrogens is 300 g/mol. The Morgan fingerprint density at radius 1 is 0.667 bits per heavy atom. The van der Waals surface area contributed by atoms with Gasteiger partial charge in [-0.2, -0.15) is 0 Å². The number of carboxylic acid groups (broad SMARTS) is 1. The van der Waals surface area contributed by atoms with Crippen molar-refractivity contribution in [1.82, 2.24) is 0 Å². The largest absolute Gasteiger partial charge is 0.481 e. The van der Waals surface area contributed by atoms with Crippen molar-refractivity contribution in [2.45, 2.75) is 110 Å². The Morgan fingerprint density at radius 2 is 1.00 bits per heavy atom. The van der Waals surface area contributed by atoms with E-state index < -0.39 is 5.97 Å². The Hall–Kier alpha value is -0.860. The topological polar surface area (TPSA) is 54.4 Å². The van der Waals surface area contributed by atoms with Gasteiger partial charge in [0.1, 0.15) is 5.78 Å². The predicted molar refractivity (Wildman–Crippen MR) is 97.1 cm³/mol. The van der Waals surface area contributed by atoms with Crippen LogP contribution in [-0.2, 0) is 9.59 Å². The standard InChI is InChI=1S/C21H36O3/c1-18(22)20(14-15-20)12-10-8-6-4-2-3-5-7-9-11-13-21(16-17-21)19(23)24/h2-17H2,1H3,(H,23,24). The molecule has 2 aliphatic carbocycles. The predicted octanol–water partition coefficient (Wildman–Crippen LogP) is 5.90. The van der Waals surface area contributed by atoms with E-state index in [9.17, 15) is 9.59 Å². The number of carboxylic acids is 1. The quantitative estimate of drug-likeness (QED) is 0.379. The number of carbonyl (C=O) groups is 2. The van der Waals surface area contributed by atoms with Crippen LogP contribution in [0.1, 0.15) is 110 Å². The van der Waals surface area contributed by atoms with Gasteiger partial charge in [0.2, 0.25) is 0 Å². The second-order valence-electron chi connectivity index (χ2n) is 8.46. The number of aliphatic carboxylic acids is 1. The van der Waals surface area contributed by atoms with E-state index in [1.165, 1.54) is 57.8 Å². The Morgan fingerprint density at radius 3 is 1.29 bits per heavy atom. The lowest BCUT2D eigenvalue weighted by atomic mass is 9.94. The summed E-state index contributed by atoms with van der Waals surface area (Å²) in [6, 6.07) is 0. The van der Waals surface area contributed by atoms with Gasteiger partial charge >= 0.3 is 5.97 Å². The molecule has 0 atom stereocenters. The molecule has 1 N–H and O–H groups in total. The van der Waals surface area contributed by atoms with Crippen molar-refractivity contribution in [3.05, 3.63) is 0 Å². The molecule has 0 aromatic carbocycles. The van der Waals surface area contributed by atoms with Crippen LogP contribution in [0.2, 0.25) is 0 Å². The molecule has 2 rings (SSSR count). The van der Waals surface area contributed by atoms with Crippen LogP contribution in [0, 0.1) is 10.8 Å². The second-order valence-corrected chi connectivity index (χ2v) is 8.46. The summed E-state index contributed by atoms with van der Waals surface area (Å²) < 4.78 is 0. The zero-order valence-electron chi connectivity index (χ0n) is 15.6. The maximum absolute atomic E-state index is 11.5. The van der Waals surface area contributed by atoms with E-state index in [0.717, 1.165) is 44.9 Å². The van der Waals surface area contributed by atoms with Gasteiger partial charge in [0.25, 0.3) is 0 Å². The molecule has 3 nitrogen and oxygen atoms in total. The van der Waals surface area contributed by atoms with E-state index in [0.29, 0.717) is 5.78 Å². The van der Waals surface area contributed by atoms with E-state index in [2.05, 4.69) is 0 Å². The molecule has 0 aliphatic heterocycles. The van der Waals surface area contributed by atoms with Crippen LogP contribution in [0.25, 0.3) is 0 Å². The minimum Gasteiger partial charge on any atom is -0.481 e. The van der Waals surface area contributed by atoms with Crippen molar-refractivity contribution >= 4 is 11.8 Å². The summed E-state index contributed by atoms with van der Waals surface area (Å²) in [6.07, 6.45) is 18.7. The highest BCUT2D eigenvalue weighted by Gasteiger charge is 2.49. The van der Waals surface area contributed by atoms with Gasteiger partial charge in [-0.15, -0.1) is 0 Å². The minimum absolute atomic E-state index is 0.111. The Bertz CT molecular complexity index is 379. The molecule has 0 amide bonds. The first-order chi connectivity index (χ1) is 11.5. The number of hydrogen-bond acceptors (Lipinski definition) is 2. The normalized spacial score (nSPS) is 19.9. The first kappa shape index (κ1) is 19.5. The maximum Gasteiger partial charge on any atom is 0.309 e. The third kappa shape index (κ3) is 5.89. The maximum atomic E-state index is 11.5. The molecule has 138 valence electrons. The highest BCUT2D eigenvalue weighted by molar-refractivity contribution is 5.84. The number of Topliss-reactive ketones (excluding diaryl/α,β-unsaturated/α-hetero) is 1. The summed E-state index contributed by atoms with van der Waals surface area (Å²) in [6.45, 7) is 1.76. The summed E-state index contributed by atoms with van der Waals surface area (Å²) in [5, 5.41) is 9.12. The molecule has 0 bridgehead atoms. The number of hydrogen-bond donors (Lipinski definition) is 1. The van der Waals surface area contributed by atoms with Crippen LogP contribution in [0.4, 0.5) is 0 Å². The Labute approximate surface area is 147 Å². The zero-order chi connectivity index (χ0) is 17.5. The summed E-state index contributed by atoms with van der Waals surface area (Å²) in [5.74, 6) is -0.156. The van der Waals surface area contributed by atoms with Gasteiger partial charge < -0.3 is 5.11 Å². The fourth-order valence-electron chi connectivity index (χ4n) is 3.99. The number of carbonyl (C=O) groups excluding carboxylic acids is 1. The van der Waals surface area contributed by atoms with Crippen molar-refractivity contribution in [3.8, 4) is 0 Å². The van der Waals surface area contributed by atoms with Crippen LogP contribution >= 0.6 is 0 Å². The summed E-state index contributed by atoms with van der Waals surface area (Å²) >= 11 is 0. The third-order valence-electron chi connectivity index (χ3n) is 6.47. The van der Waals surface area contributed by atoms with E-state index in [4.69, 9.17) is 5.11 Å². The van der Waals surface area contributed by atoms with Gasteiger partial charge in [-0.05, 0) is 45.4 Å².